The normalized spacial score (nSPS) is 25.0. The molecule has 1 heterocycles. The predicted octanol–water partition coefficient (Wildman–Crippen LogP) is 1.14. The summed E-state index contributed by atoms with van der Waals surface area (Å²) < 4.78 is 0. The Morgan fingerprint density at radius 2 is 2.20 bits per heavy atom. The Morgan fingerprint density at radius 1 is 1.47 bits per heavy atom. The molecule has 0 aromatic heterocycles. The van der Waals surface area contributed by atoms with Gasteiger partial charge >= 0.3 is 0 Å². The van der Waals surface area contributed by atoms with E-state index in [4.69, 9.17) is 5.73 Å². The van der Waals surface area contributed by atoms with E-state index in [2.05, 4.69) is 30.8 Å². The molecular formula is C12H27N3. The van der Waals surface area contributed by atoms with Crippen molar-refractivity contribution in [2.45, 2.75) is 44.7 Å². The highest BCUT2D eigenvalue weighted by Gasteiger charge is 2.23. The van der Waals surface area contributed by atoms with E-state index in [1.165, 1.54) is 38.9 Å². The van der Waals surface area contributed by atoms with Crippen LogP contribution in [0.5, 0.6) is 0 Å². The fourth-order valence-electron chi connectivity index (χ4n) is 2.43. The van der Waals surface area contributed by atoms with Crippen molar-refractivity contribution in [2.75, 3.05) is 33.7 Å². The molecule has 0 radical (unpaired) electrons. The van der Waals surface area contributed by atoms with Crippen LogP contribution in [0, 0.1) is 0 Å². The van der Waals surface area contributed by atoms with Crippen LogP contribution in [0.4, 0.5) is 0 Å². The van der Waals surface area contributed by atoms with Crippen molar-refractivity contribution >= 4 is 0 Å². The van der Waals surface area contributed by atoms with Crippen molar-refractivity contribution in [2.24, 2.45) is 5.73 Å². The van der Waals surface area contributed by atoms with Crippen molar-refractivity contribution in [1.82, 2.24) is 9.80 Å². The molecule has 3 nitrogen and oxygen atoms in total. The monoisotopic (exact) mass is 213 g/mol. The highest BCUT2D eigenvalue weighted by molar-refractivity contribution is 4.80. The number of rotatable bonds is 6. The largest absolute Gasteiger partial charge is 0.328 e. The second kappa shape index (κ2) is 6.46. The summed E-state index contributed by atoms with van der Waals surface area (Å²) in [6, 6.07) is 1.15. The van der Waals surface area contributed by atoms with Gasteiger partial charge in [0.2, 0.25) is 0 Å². The minimum absolute atomic E-state index is 0.361. The van der Waals surface area contributed by atoms with Crippen LogP contribution in [0.2, 0.25) is 0 Å². The lowest BCUT2D eigenvalue weighted by Gasteiger charge is -2.27. The highest BCUT2D eigenvalue weighted by Crippen LogP contribution is 2.18. The molecule has 15 heavy (non-hydrogen) atoms. The first-order valence-electron chi connectivity index (χ1n) is 6.24. The van der Waals surface area contributed by atoms with Crippen molar-refractivity contribution in [3.63, 3.8) is 0 Å². The third-order valence-electron chi connectivity index (χ3n) is 3.18. The molecule has 3 heteroatoms. The van der Waals surface area contributed by atoms with Gasteiger partial charge in [-0.25, -0.2) is 0 Å². The Kier molecular flexibility index (Phi) is 5.58. The number of hydrogen-bond acceptors (Lipinski definition) is 3. The van der Waals surface area contributed by atoms with Crippen molar-refractivity contribution in [3.8, 4) is 0 Å². The molecule has 0 bridgehead atoms. The van der Waals surface area contributed by atoms with Gasteiger partial charge in [-0.15, -0.1) is 0 Å². The average molecular weight is 213 g/mol. The van der Waals surface area contributed by atoms with E-state index in [0.717, 1.165) is 12.5 Å². The zero-order valence-corrected chi connectivity index (χ0v) is 10.6. The first-order valence-corrected chi connectivity index (χ1v) is 6.24. The Hall–Kier alpha value is -0.120. The van der Waals surface area contributed by atoms with E-state index >= 15 is 0 Å². The molecule has 0 spiro atoms. The van der Waals surface area contributed by atoms with Gasteiger partial charge in [0.1, 0.15) is 0 Å². The smallest absolute Gasteiger partial charge is 0.0223 e. The van der Waals surface area contributed by atoms with E-state index in [-0.39, 0.29) is 0 Å². The molecule has 2 atom stereocenters. The number of hydrogen-bond donors (Lipinski definition) is 1. The predicted molar refractivity (Wildman–Crippen MR) is 66.0 cm³/mol. The van der Waals surface area contributed by atoms with Crippen molar-refractivity contribution < 1.29 is 0 Å². The van der Waals surface area contributed by atoms with Crippen molar-refractivity contribution in [1.29, 1.82) is 0 Å². The van der Waals surface area contributed by atoms with Crippen molar-refractivity contribution in [3.05, 3.63) is 0 Å². The molecule has 1 saturated heterocycles. The summed E-state index contributed by atoms with van der Waals surface area (Å²) in [7, 11) is 4.33. The molecule has 2 unspecified atom stereocenters. The summed E-state index contributed by atoms with van der Waals surface area (Å²) in [6.07, 6.45) is 5.15. The first-order chi connectivity index (χ1) is 7.09. The van der Waals surface area contributed by atoms with Crippen LogP contribution in [-0.2, 0) is 0 Å². The molecule has 2 N–H and O–H groups in total. The summed E-state index contributed by atoms with van der Waals surface area (Å²) in [5.74, 6) is 0. The molecule has 1 rings (SSSR count). The molecule has 0 aromatic rings. The van der Waals surface area contributed by atoms with Gasteiger partial charge in [-0.2, -0.15) is 0 Å². The lowest BCUT2D eigenvalue weighted by Crippen LogP contribution is -2.38. The zero-order valence-electron chi connectivity index (χ0n) is 10.6. The van der Waals surface area contributed by atoms with Gasteiger partial charge in [-0.3, -0.25) is 4.90 Å². The Morgan fingerprint density at radius 3 is 2.80 bits per heavy atom. The highest BCUT2D eigenvalue weighted by atomic mass is 15.2. The van der Waals surface area contributed by atoms with Crippen LogP contribution in [0.1, 0.15) is 32.6 Å². The second-order valence-electron chi connectivity index (χ2n) is 5.21. The fraction of sp³-hybridized carbons (Fsp3) is 1.00. The lowest BCUT2D eigenvalue weighted by molar-refractivity contribution is 0.204. The van der Waals surface area contributed by atoms with Crippen LogP contribution in [0.25, 0.3) is 0 Å². The third kappa shape index (κ3) is 4.96. The van der Waals surface area contributed by atoms with Gasteiger partial charge in [-0.1, -0.05) is 0 Å². The van der Waals surface area contributed by atoms with Crippen LogP contribution in [0.15, 0.2) is 0 Å². The Balaban J connectivity index is 2.21. The molecule has 90 valence electrons. The molecule has 1 aliphatic heterocycles. The molecule has 0 saturated carbocycles. The topological polar surface area (TPSA) is 32.5 Å². The van der Waals surface area contributed by atoms with E-state index in [9.17, 15) is 0 Å². The average Bonchev–Trinajstić information content (AvgIpc) is 2.51. The van der Waals surface area contributed by atoms with Gasteiger partial charge in [0, 0.05) is 18.6 Å². The lowest BCUT2D eigenvalue weighted by atomic mass is 10.1. The summed E-state index contributed by atoms with van der Waals surface area (Å²) in [6.45, 7) is 5.83. The minimum atomic E-state index is 0.361. The van der Waals surface area contributed by atoms with Crippen LogP contribution < -0.4 is 5.73 Å². The maximum Gasteiger partial charge on any atom is 0.0223 e. The van der Waals surface area contributed by atoms with Crippen LogP contribution in [-0.4, -0.2) is 55.6 Å². The van der Waals surface area contributed by atoms with Crippen LogP contribution in [0.3, 0.4) is 0 Å². The SMILES string of the molecule is CC(N)CCCN1CCCC1CN(C)C. The van der Waals surface area contributed by atoms with E-state index < -0.39 is 0 Å². The van der Waals surface area contributed by atoms with Gasteiger partial charge < -0.3 is 10.6 Å². The standard InChI is InChI=1S/C12H27N3/c1-11(13)6-4-8-15-9-5-7-12(15)10-14(2)3/h11-12H,4-10,13H2,1-3H3. The number of nitrogens with zero attached hydrogens (tertiary/aromatic N) is 2. The summed E-state index contributed by atoms with van der Waals surface area (Å²) in [4.78, 5) is 4.94. The molecule has 1 aliphatic rings. The summed E-state index contributed by atoms with van der Waals surface area (Å²) in [5, 5.41) is 0. The Labute approximate surface area is 94.6 Å². The van der Waals surface area contributed by atoms with E-state index in [1.807, 2.05) is 0 Å². The number of nitrogens with two attached hydrogens (primary N) is 1. The maximum absolute atomic E-state index is 5.77. The minimum Gasteiger partial charge on any atom is -0.328 e. The van der Waals surface area contributed by atoms with Crippen LogP contribution >= 0.6 is 0 Å². The van der Waals surface area contributed by atoms with Gasteiger partial charge in [-0.05, 0) is 59.8 Å². The molecule has 0 aliphatic carbocycles. The maximum atomic E-state index is 5.77. The fourth-order valence-corrected chi connectivity index (χ4v) is 2.43. The molecule has 0 amide bonds. The Bertz CT molecular complexity index is 168. The van der Waals surface area contributed by atoms with Gasteiger partial charge in [0.05, 0.1) is 0 Å². The molecule has 1 fully saturated rings. The van der Waals surface area contributed by atoms with E-state index in [0.29, 0.717) is 6.04 Å². The van der Waals surface area contributed by atoms with Gasteiger partial charge in [0.25, 0.3) is 0 Å². The van der Waals surface area contributed by atoms with Gasteiger partial charge in [0.15, 0.2) is 0 Å². The quantitative estimate of drug-likeness (QED) is 0.718. The molecule has 0 aromatic carbocycles. The third-order valence-corrected chi connectivity index (χ3v) is 3.18. The second-order valence-corrected chi connectivity index (χ2v) is 5.21. The summed E-state index contributed by atoms with van der Waals surface area (Å²) in [5.41, 5.74) is 5.77. The first kappa shape index (κ1) is 12.9. The summed E-state index contributed by atoms with van der Waals surface area (Å²) >= 11 is 0. The zero-order chi connectivity index (χ0) is 11.3. The number of likely N-dealkylation sites (tertiary alicyclic amines) is 1. The number of likely N-dealkylation sites (N-methyl/N-ethyl adjacent to an activating group) is 1. The molecular weight excluding hydrogens is 186 g/mol. The van der Waals surface area contributed by atoms with E-state index in [1.54, 1.807) is 0 Å².